The van der Waals surface area contributed by atoms with Crippen LogP contribution < -0.4 is 10.6 Å². The zero-order chi connectivity index (χ0) is 21.6. The number of ether oxygens (including phenoxy) is 2. The summed E-state index contributed by atoms with van der Waals surface area (Å²) in [6, 6.07) is 0.128. The van der Waals surface area contributed by atoms with Crippen LogP contribution in [0.25, 0.3) is 0 Å². The normalized spacial score (nSPS) is 13.0. The van der Waals surface area contributed by atoms with Gasteiger partial charge in [0, 0.05) is 12.6 Å². The van der Waals surface area contributed by atoms with Crippen LogP contribution in [0.1, 0.15) is 106 Å². The molecular formula is C22H44N2O4. The smallest absolute Gasteiger partial charge is 0.407 e. The van der Waals surface area contributed by atoms with Crippen LogP contribution in [0.4, 0.5) is 9.59 Å². The fourth-order valence-electron chi connectivity index (χ4n) is 2.46. The average Bonchev–Trinajstić information content (AvgIpc) is 2.59. The first kappa shape index (κ1) is 26.5. The van der Waals surface area contributed by atoms with Crippen molar-refractivity contribution >= 4 is 12.2 Å². The Hall–Kier alpha value is -1.46. The van der Waals surface area contributed by atoms with Crippen molar-refractivity contribution in [2.24, 2.45) is 0 Å². The van der Waals surface area contributed by atoms with Gasteiger partial charge in [-0.2, -0.15) is 0 Å². The van der Waals surface area contributed by atoms with Crippen LogP contribution in [0.3, 0.4) is 0 Å². The number of alkyl carbamates (subject to hydrolysis) is 2. The van der Waals surface area contributed by atoms with Crippen molar-refractivity contribution in [3.05, 3.63) is 0 Å². The Bertz CT molecular complexity index is 450. The summed E-state index contributed by atoms with van der Waals surface area (Å²) in [6.45, 7) is 14.4. The second-order valence-corrected chi connectivity index (χ2v) is 8.89. The third-order valence-corrected chi connectivity index (χ3v) is 5.14. The van der Waals surface area contributed by atoms with E-state index in [1.807, 2.05) is 48.5 Å². The molecule has 6 heteroatoms. The molecule has 0 aromatic carbocycles. The summed E-state index contributed by atoms with van der Waals surface area (Å²) in [5.74, 6) is 0. The van der Waals surface area contributed by atoms with Gasteiger partial charge in [0.2, 0.25) is 0 Å². The summed E-state index contributed by atoms with van der Waals surface area (Å²) in [6.07, 6.45) is 8.55. The van der Waals surface area contributed by atoms with Gasteiger partial charge in [-0.05, 0) is 60.3 Å². The highest BCUT2D eigenvalue weighted by molar-refractivity contribution is 5.68. The molecule has 0 bridgehead atoms. The van der Waals surface area contributed by atoms with Gasteiger partial charge in [-0.25, -0.2) is 9.59 Å². The highest BCUT2D eigenvalue weighted by Crippen LogP contribution is 2.15. The van der Waals surface area contributed by atoms with E-state index in [1.54, 1.807) is 0 Å². The predicted octanol–water partition coefficient (Wildman–Crippen LogP) is 5.94. The minimum atomic E-state index is -0.415. The molecule has 0 fully saturated rings. The molecule has 2 amide bonds. The standard InChI is InChI=1S/C22H44N2O4/c1-8-21(4,5)27-19(25)23-17-15-13-11-10-12-14-16-18(3)24-20(26)28-22(6,7)9-2/h18H,8-17H2,1-7H3,(H,23,25)(H,24,26). The number of nitrogens with one attached hydrogen (secondary N) is 2. The van der Waals surface area contributed by atoms with E-state index in [9.17, 15) is 9.59 Å². The average molecular weight is 401 g/mol. The Morgan fingerprint density at radius 3 is 1.79 bits per heavy atom. The molecule has 0 saturated carbocycles. The largest absolute Gasteiger partial charge is 0.444 e. The van der Waals surface area contributed by atoms with Crippen LogP contribution in [0, 0.1) is 0 Å². The van der Waals surface area contributed by atoms with Gasteiger partial charge in [-0.15, -0.1) is 0 Å². The molecular weight excluding hydrogens is 356 g/mol. The van der Waals surface area contributed by atoms with Crippen LogP contribution in [0.15, 0.2) is 0 Å². The van der Waals surface area contributed by atoms with Crippen molar-refractivity contribution < 1.29 is 19.1 Å². The first-order valence-corrected chi connectivity index (χ1v) is 11.0. The molecule has 28 heavy (non-hydrogen) atoms. The van der Waals surface area contributed by atoms with Gasteiger partial charge in [0.1, 0.15) is 11.2 Å². The van der Waals surface area contributed by atoms with Crippen molar-refractivity contribution in [3.63, 3.8) is 0 Å². The highest BCUT2D eigenvalue weighted by atomic mass is 16.6. The van der Waals surface area contributed by atoms with Gasteiger partial charge >= 0.3 is 12.2 Å². The van der Waals surface area contributed by atoms with Crippen molar-refractivity contribution in [3.8, 4) is 0 Å². The molecule has 166 valence electrons. The topological polar surface area (TPSA) is 76.7 Å². The maximum Gasteiger partial charge on any atom is 0.407 e. The lowest BCUT2D eigenvalue weighted by Gasteiger charge is -2.24. The van der Waals surface area contributed by atoms with E-state index in [-0.39, 0.29) is 18.2 Å². The van der Waals surface area contributed by atoms with E-state index in [0.29, 0.717) is 6.54 Å². The van der Waals surface area contributed by atoms with Crippen LogP contribution in [-0.2, 0) is 9.47 Å². The van der Waals surface area contributed by atoms with E-state index in [2.05, 4.69) is 10.6 Å². The molecule has 0 rings (SSSR count). The molecule has 1 unspecified atom stereocenters. The summed E-state index contributed by atoms with van der Waals surface area (Å²) in [7, 11) is 0. The van der Waals surface area contributed by atoms with E-state index in [0.717, 1.165) is 51.4 Å². The molecule has 0 radical (unpaired) electrons. The lowest BCUT2D eigenvalue weighted by Crippen LogP contribution is -2.38. The summed E-state index contributed by atoms with van der Waals surface area (Å²) >= 11 is 0. The molecule has 0 heterocycles. The number of hydrogen-bond acceptors (Lipinski definition) is 4. The van der Waals surface area contributed by atoms with Crippen molar-refractivity contribution in [2.45, 2.75) is 123 Å². The SMILES string of the molecule is CCC(C)(C)OC(=O)NCCCCCCCCC(C)NC(=O)OC(C)(C)CC. The van der Waals surface area contributed by atoms with E-state index in [4.69, 9.17) is 9.47 Å². The quantitative estimate of drug-likeness (QED) is 0.354. The molecule has 1 atom stereocenters. The first-order valence-electron chi connectivity index (χ1n) is 11.0. The molecule has 0 aliphatic carbocycles. The van der Waals surface area contributed by atoms with E-state index >= 15 is 0 Å². The molecule has 0 spiro atoms. The van der Waals surface area contributed by atoms with Crippen molar-refractivity contribution in [1.82, 2.24) is 10.6 Å². The second-order valence-electron chi connectivity index (χ2n) is 8.89. The maximum absolute atomic E-state index is 11.8. The number of unbranched alkanes of at least 4 members (excludes halogenated alkanes) is 5. The summed E-state index contributed by atoms with van der Waals surface area (Å²) < 4.78 is 10.7. The molecule has 0 aromatic heterocycles. The molecule has 0 saturated heterocycles. The number of carbonyl (C=O) groups excluding carboxylic acids is 2. The summed E-state index contributed by atoms with van der Waals surface area (Å²) in [5, 5.41) is 5.72. The fourth-order valence-corrected chi connectivity index (χ4v) is 2.46. The van der Waals surface area contributed by atoms with Crippen LogP contribution >= 0.6 is 0 Å². The van der Waals surface area contributed by atoms with Gasteiger partial charge in [-0.1, -0.05) is 46.0 Å². The predicted molar refractivity (Wildman–Crippen MR) is 115 cm³/mol. The first-order chi connectivity index (χ1) is 13.0. The second kappa shape index (κ2) is 13.7. The Kier molecular flexibility index (Phi) is 13.0. The number of rotatable bonds is 14. The molecule has 0 aliphatic rings. The van der Waals surface area contributed by atoms with Crippen LogP contribution in [0.5, 0.6) is 0 Å². The molecule has 0 aromatic rings. The van der Waals surface area contributed by atoms with Crippen LogP contribution in [-0.4, -0.2) is 36.0 Å². The number of hydrogen-bond donors (Lipinski definition) is 2. The van der Waals surface area contributed by atoms with E-state index in [1.165, 1.54) is 6.42 Å². The van der Waals surface area contributed by atoms with Gasteiger partial charge in [-0.3, -0.25) is 0 Å². The number of amides is 2. The Morgan fingerprint density at radius 2 is 1.25 bits per heavy atom. The fraction of sp³-hybridized carbons (Fsp3) is 0.909. The van der Waals surface area contributed by atoms with Gasteiger partial charge in [0.15, 0.2) is 0 Å². The highest BCUT2D eigenvalue weighted by Gasteiger charge is 2.21. The zero-order valence-corrected chi connectivity index (χ0v) is 19.3. The Labute approximate surface area is 172 Å². The zero-order valence-electron chi connectivity index (χ0n) is 19.3. The van der Waals surface area contributed by atoms with Gasteiger partial charge < -0.3 is 20.1 Å². The lowest BCUT2D eigenvalue weighted by molar-refractivity contribution is 0.0340. The minimum absolute atomic E-state index is 0.128. The van der Waals surface area contributed by atoms with Crippen molar-refractivity contribution in [2.75, 3.05) is 6.54 Å². The van der Waals surface area contributed by atoms with Gasteiger partial charge in [0.25, 0.3) is 0 Å². The molecule has 2 N–H and O–H groups in total. The Balaban J connectivity index is 3.59. The third-order valence-electron chi connectivity index (χ3n) is 5.14. The maximum atomic E-state index is 11.8. The van der Waals surface area contributed by atoms with Crippen LogP contribution in [0.2, 0.25) is 0 Å². The summed E-state index contributed by atoms with van der Waals surface area (Å²) in [5.41, 5.74) is -0.819. The third kappa shape index (κ3) is 14.6. The summed E-state index contributed by atoms with van der Waals surface area (Å²) in [4.78, 5) is 23.5. The minimum Gasteiger partial charge on any atom is -0.444 e. The van der Waals surface area contributed by atoms with Gasteiger partial charge in [0.05, 0.1) is 0 Å². The molecule has 6 nitrogen and oxygen atoms in total. The monoisotopic (exact) mass is 400 g/mol. The number of carbonyl (C=O) groups is 2. The molecule has 0 aliphatic heterocycles. The van der Waals surface area contributed by atoms with E-state index < -0.39 is 11.2 Å². The lowest BCUT2D eigenvalue weighted by atomic mass is 10.1. The Morgan fingerprint density at radius 1 is 0.786 bits per heavy atom. The van der Waals surface area contributed by atoms with Crippen molar-refractivity contribution in [1.29, 1.82) is 0 Å².